The largest absolute Gasteiger partial charge is 0.299 e. The number of carbonyl (C=O) groups is 1. The van der Waals surface area contributed by atoms with Crippen molar-refractivity contribution >= 4 is 5.78 Å². The fourth-order valence-electron chi connectivity index (χ4n) is 3.31. The number of carbonyl (C=O) groups excluding carboxylic acids is 1. The van der Waals surface area contributed by atoms with Crippen LogP contribution in [-0.2, 0) is 4.79 Å². The summed E-state index contributed by atoms with van der Waals surface area (Å²) in [4.78, 5) is 14.1. The van der Waals surface area contributed by atoms with Crippen molar-refractivity contribution in [2.75, 3.05) is 19.6 Å². The van der Waals surface area contributed by atoms with Crippen LogP contribution in [0.3, 0.4) is 0 Å². The molecule has 2 heteroatoms. The van der Waals surface area contributed by atoms with Gasteiger partial charge in [0.25, 0.3) is 0 Å². The molecule has 0 aromatic rings. The lowest BCUT2D eigenvalue weighted by Crippen LogP contribution is -2.23. The van der Waals surface area contributed by atoms with Crippen molar-refractivity contribution < 1.29 is 4.79 Å². The summed E-state index contributed by atoms with van der Waals surface area (Å²) in [5, 5.41) is 0. The highest BCUT2D eigenvalue weighted by atomic mass is 16.1. The molecule has 2 rings (SSSR count). The van der Waals surface area contributed by atoms with Crippen LogP contribution in [0, 0.1) is 5.92 Å². The normalized spacial score (nSPS) is 24.1. The van der Waals surface area contributed by atoms with Crippen molar-refractivity contribution in [1.29, 1.82) is 0 Å². The second-order valence-corrected chi connectivity index (χ2v) is 5.98. The van der Waals surface area contributed by atoms with E-state index in [2.05, 4.69) is 11.8 Å². The van der Waals surface area contributed by atoms with Gasteiger partial charge in [-0.25, -0.2) is 0 Å². The van der Waals surface area contributed by atoms with E-state index in [9.17, 15) is 4.79 Å². The lowest BCUT2D eigenvalue weighted by Gasteiger charge is -2.15. The first-order valence-corrected chi connectivity index (χ1v) is 7.67. The Balaban J connectivity index is 1.64. The topological polar surface area (TPSA) is 20.3 Å². The fourth-order valence-corrected chi connectivity index (χ4v) is 3.31. The fraction of sp³-hybridized carbons (Fsp3) is 0.812. The summed E-state index contributed by atoms with van der Waals surface area (Å²) in [5.74, 6) is 0.965. The molecule has 0 radical (unpaired) electrons. The van der Waals surface area contributed by atoms with E-state index < -0.39 is 0 Å². The third-order valence-electron chi connectivity index (χ3n) is 4.52. The van der Waals surface area contributed by atoms with Crippen molar-refractivity contribution in [2.45, 2.75) is 58.8 Å². The minimum atomic E-state index is 0.397. The molecule has 1 heterocycles. The van der Waals surface area contributed by atoms with Crippen LogP contribution in [0.1, 0.15) is 58.8 Å². The second kappa shape index (κ2) is 6.51. The smallest absolute Gasteiger partial charge is 0.159 e. The number of likely N-dealkylation sites (tertiary alicyclic amines) is 1. The van der Waals surface area contributed by atoms with Gasteiger partial charge < -0.3 is 0 Å². The number of nitrogens with zero attached hydrogens (tertiary/aromatic N) is 1. The number of rotatable bonds is 7. The minimum absolute atomic E-state index is 0.397. The minimum Gasteiger partial charge on any atom is -0.299 e. The maximum absolute atomic E-state index is 11.6. The number of fused-ring (bicyclic) bond motifs is 1. The average Bonchev–Trinajstić information content (AvgIpc) is 2.85. The Morgan fingerprint density at radius 1 is 1.17 bits per heavy atom. The lowest BCUT2D eigenvalue weighted by atomic mass is 10.1. The Hall–Kier alpha value is -0.630. The average molecular weight is 249 g/mol. The zero-order valence-corrected chi connectivity index (χ0v) is 12.0. The number of hydrogen-bond acceptors (Lipinski definition) is 2. The van der Waals surface area contributed by atoms with Crippen LogP contribution in [0.4, 0.5) is 0 Å². The maximum atomic E-state index is 11.6. The van der Waals surface area contributed by atoms with Gasteiger partial charge in [-0.05, 0) is 31.0 Å². The molecule has 1 aliphatic heterocycles. The van der Waals surface area contributed by atoms with Gasteiger partial charge in [0, 0.05) is 25.4 Å². The molecule has 1 fully saturated rings. The number of hydrogen-bond donors (Lipinski definition) is 0. The highest BCUT2D eigenvalue weighted by Crippen LogP contribution is 2.35. The third-order valence-corrected chi connectivity index (χ3v) is 4.52. The zero-order chi connectivity index (χ0) is 13.0. The predicted octanol–water partition coefficient (Wildman–Crippen LogP) is 3.57. The molecule has 0 N–H and O–H groups in total. The van der Waals surface area contributed by atoms with Crippen molar-refractivity contribution in [2.24, 2.45) is 5.92 Å². The molecule has 2 aliphatic rings. The van der Waals surface area contributed by atoms with E-state index in [-0.39, 0.29) is 0 Å². The molecular weight excluding hydrogens is 222 g/mol. The van der Waals surface area contributed by atoms with Gasteiger partial charge in [-0.2, -0.15) is 0 Å². The number of ketones is 1. The van der Waals surface area contributed by atoms with Crippen LogP contribution in [0.15, 0.2) is 11.1 Å². The molecule has 0 saturated carbocycles. The van der Waals surface area contributed by atoms with Gasteiger partial charge in [0.2, 0.25) is 0 Å². The lowest BCUT2D eigenvalue weighted by molar-refractivity contribution is -0.115. The van der Waals surface area contributed by atoms with Crippen LogP contribution in [0.25, 0.3) is 0 Å². The maximum Gasteiger partial charge on any atom is 0.159 e. The summed E-state index contributed by atoms with van der Waals surface area (Å²) in [6.07, 6.45) is 9.00. The first-order valence-electron chi connectivity index (χ1n) is 7.67. The Morgan fingerprint density at radius 3 is 2.61 bits per heavy atom. The molecule has 18 heavy (non-hydrogen) atoms. The zero-order valence-electron chi connectivity index (χ0n) is 12.0. The number of allylic oxidation sites excluding steroid dienone is 1. The summed E-state index contributed by atoms with van der Waals surface area (Å²) >= 11 is 0. The summed E-state index contributed by atoms with van der Waals surface area (Å²) in [6.45, 7) is 7.71. The van der Waals surface area contributed by atoms with Gasteiger partial charge >= 0.3 is 0 Å². The summed E-state index contributed by atoms with van der Waals surface area (Å²) in [6, 6.07) is 0. The van der Waals surface area contributed by atoms with E-state index in [1.54, 1.807) is 0 Å². The van der Waals surface area contributed by atoms with Gasteiger partial charge in [-0.15, -0.1) is 0 Å². The third kappa shape index (κ3) is 3.23. The standard InChI is InChI=1S/C16H27NO/c1-3-4-5-6-7-8-9-17-11-14-10-16(18)13(2)15(14)12-17/h14H,3-12H2,1-2H3/t14-/m0/s1. The highest BCUT2D eigenvalue weighted by molar-refractivity contribution is 5.98. The molecular formula is C16H27NO. The molecule has 1 atom stereocenters. The van der Waals surface area contributed by atoms with Crippen LogP contribution in [0.5, 0.6) is 0 Å². The van der Waals surface area contributed by atoms with Gasteiger partial charge in [-0.3, -0.25) is 9.69 Å². The highest BCUT2D eigenvalue weighted by Gasteiger charge is 2.36. The summed E-state index contributed by atoms with van der Waals surface area (Å²) in [7, 11) is 0. The van der Waals surface area contributed by atoms with Crippen molar-refractivity contribution in [3.8, 4) is 0 Å². The van der Waals surface area contributed by atoms with E-state index in [1.807, 2.05) is 6.92 Å². The number of unbranched alkanes of at least 4 members (excludes halogenated alkanes) is 5. The first kappa shape index (κ1) is 13.8. The monoisotopic (exact) mass is 249 g/mol. The SMILES string of the molecule is CCCCCCCCN1CC2=C(C)C(=O)C[C@H]2C1. The van der Waals surface area contributed by atoms with Gasteiger partial charge in [0.15, 0.2) is 5.78 Å². The molecule has 0 aromatic heterocycles. The second-order valence-electron chi connectivity index (χ2n) is 5.98. The Morgan fingerprint density at radius 2 is 1.89 bits per heavy atom. The molecule has 0 aromatic carbocycles. The molecule has 2 nitrogen and oxygen atoms in total. The predicted molar refractivity (Wildman–Crippen MR) is 75.6 cm³/mol. The van der Waals surface area contributed by atoms with Gasteiger partial charge in [0.05, 0.1) is 0 Å². The van der Waals surface area contributed by atoms with Gasteiger partial charge in [-0.1, -0.05) is 39.0 Å². The van der Waals surface area contributed by atoms with Crippen molar-refractivity contribution in [3.63, 3.8) is 0 Å². The van der Waals surface area contributed by atoms with Crippen LogP contribution < -0.4 is 0 Å². The van der Waals surface area contributed by atoms with Crippen LogP contribution in [-0.4, -0.2) is 30.3 Å². The van der Waals surface area contributed by atoms with E-state index in [0.717, 1.165) is 25.1 Å². The molecule has 0 spiro atoms. The van der Waals surface area contributed by atoms with E-state index in [4.69, 9.17) is 0 Å². The summed E-state index contributed by atoms with van der Waals surface area (Å²) in [5.41, 5.74) is 2.52. The van der Waals surface area contributed by atoms with Gasteiger partial charge in [0.1, 0.15) is 0 Å². The van der Waals surface area contributed by atoms with Crippen molar-refractivity contribution in [3.05, 3.63) is 11.1 Å². The Bertz CT molecular complexity index is 332. The molecule has 1 aliphatic carbocycles. The number of Topliss-reactive ketones (excluding diaryl/α,β-unsaturated/α-hetero) is 1. The molecule has 102 valence electrons. The summed E-state index contributed by atoms with van der Waals surface area (Å²) < 4.78 is 0. The van der Waals surface area contributed by atoms with E-state index in [1.165, 1.54) is 50.6 Å². The Labute approximate surface area is 111 Å². The first-order chi connectivity index (χ1) is 8.72. The van der Waals surface area contributed by atoms with Crippen LogP contribution >= 0.6 is 0 Å². The molecule has 0 amide bonds. The van der Waals surface area contributed by atoms with Crippen LogP contribution in [0.2, 0.25) is 0 Å². The van der Waals surface area contributed by atoms with Crippen molar-refractivity contribution in [1.82, 2.24) is 4.90 Å². The molecule has 0 bridgehead atoms. The van der Waals surface area contributed by atoms with E-state index in [0.29, 0.717) is 11.7 Å². The Kier molecular flexibility index (Phi) is 4.99. The van der Waals surface area contributed by atoms with E-state index >= 15 is 0 Å². The molecule has 0 unspecified atom stereocenters. The quantitative estimate of drug-likeness (QED) is 0.643. The molecule has 1 saturated heterocycles.